The number of likely N-dealkylation sites (tertiary alicyclic amines) is 1. The van der Waals surface area contributed by atoms with Gasteiger partial charge in [-0.15, -0.1) is 0 Å². The molecule has 1 saturated carbocycles. The number of hydrogen-bond donors (Lipinski definition) is 1. The monoisotopic (exact) mass is 350 g/mol. The zero-order valence-electron chi connectivity index (χ0n) is 16.4. The molecule has 1 atom stereocenters. The number of piperidine rings is 1. The maximum absolute atomic E-state index is 5.53. The average Bonchev–Trinajstić information content (AvgIpc) is 3.17. The molecule has 0 bridgehead atoms. The lowest BCUT2D eigenvalue weighted by Crippen LogP contribution is -2.59. The number of nitrogens with one attached hydrogen (secondary N) is 1. The molecule has 144 valence electrons. The third kappa shape index (κ3) is 4.88. The van der Waals surface area contributed by atoms with Crippen LogP contribution < -0.4 is 5.32 Å². The van der Waals surface area contributed by atoms with E-state index in [9.17, 15) is 0 Å². The molecule has 1 unspecified atom stereocenters. The molecule has 5 nitrogen and oxygen atoms in total. The smallest absolute Gasteiger partial charge is 0.193 e. The van der Waals surface area contributed by atoms with Crippen molar-refractivity contribution >= 4 is 5.96 Å². The second kappa shape index (κ2) is 9.22. The van der Waals surface area contributed by atoms with Gasteiger partial charge in [-0.25, -0.2) is 0 Å². The highest BCUT2D eigenvalue weighted by molar-refractivity contribution is 5.79. The van der Waals surface area contributed by atoms with Crippen molar-refractivity contribution in [1.29, 1.82) is 0 Å². The standard InChI is InChI=1S/C20H38N4O/c1-21-19(23(2)15-18-9-14-25-16-18)22-17-20(10-5-3-6-11-20)24-12-7-4-8-13-24/h18H,3-17H2,1-2H3,(H,21,22). The van der Waals surface area contributed by atoms with Crippen LogP contribution in [0.25, 0.3) is 0 Å². The summed E-state index contributed by atoms with van der Waals surface area (Å²) in [6.07, 6.45) is 12.2. The van der Waals surface area contributed by atoms with Crippen LogP contribution in [0.3, 0.4) is 0 Å². The molecule has 25 heavy (non-hydrogen) atoms. The van der Waals surface area contributed by atoms with Gasteiger partial charge in [0.2, 0.25) is 0 Å². The van der Waals surface area contributed by atoms with Crippen LogP contribution in [-0.4, -0.2) is 74.8 Å². The molecule has 0 spiro atoms. The van der Waals surface area contributed by atoms with Gasteiger partial charge in [0.15, 0.2) is 5.96 Å². The molecule has 3 fully saturated rings. The molecule has 0 aromatic heterocycles. The van der Waals surface area contributed by atoms with Crippen molar-refractivity contribution in [2.75, 3.05) is 53.5 Å². The van der Waals surface area contributed by atoms with E-state index in [1.165, 1.54) is 70.9 Å². The highest BCUT2D eigenvalue weighted by Crippen LogP contribution is 2.35. The van der Waals surface area contributed by atoms with Crippen LogP contribution in [0.15, 0.2) is 4.99 Å². The van der Waals surface area contributed by atoms with Crippen LogP contribution in [0.2, 0.25) is 0 Å². The maximum Gasteiger partial charge on any atom is 0.193 e. The lowest BCUT2D eigenvalue weighted by atomic mass is 9.79. The SMILES string of the molecule is CN=C(NCC1(N2CCCCC2)CCCCC1)N(C)CC1CCOC1. The first kappa shape index (κ1) is 19.0. The van der Waals surface area contributed by atoms with Gasteiger partial charge in [0, 0.05) is 45.2 Å². The molecule has 0 aromatic carbocycles. The normalized spacial score (nSPS) is 28.1. The Morgan fingerprint density at radius 1 is 1.16 bits per heavy atom. The maximum atomic E-state index is 5.53. The minimum Gasteiger partial charge on any atom is -0.381 e. The van der Waals surface area contributed by atoms with Crippen molar-refractivity contribution in [3.63, 3.8) is 0 Å². The zero-order chi connectivity index (χ0) is 17.5. The summed E-state index contributed by atoms with van der Waals surface area (Å²) >= 11 is 0. The van der Waals surface area contributed by atoms with E-state index in [1.54, 1.807) is 0 Å². The van der Waals surface area contributed by atoms with Gasteiger partial charge in [-0.2, -0.15) is 0 Å². The fraction of sp³-hybridized carbons (Fsp3) is 0.950. The predicted molar refractivity (Wildman–Crippen MR) is 104 cm³/mol. The first-order valence-corrected chi connectivity index (χ1v) is 10.5. The van der Waals surface area contributed by atoms with Crippen LogP contribution in [0.5, 0.6) is 0 Å². The first-order valence-electron chi connectivity index (χ1n) is 10.5. The molecule has 2 aliphatic heterocycles. The Morgan fingerprint density at radius 3 is 2.52 bits per heavy atom. The third-order valence-electron chi connectivity index (χ3n) is 6.52. The molecular formula is C20H38N4O. The van der Waals surface area contributed by atoms with Crippen molar-refractivity contribution in [3.05, 3.63) is 0 Å². The summed E-state index contributed by atoms with van der Waals surface area (Å²) in [5.41, 5.74) is 0.353. The van der Waals surface area contributed by atoms with Crippen molar-refractivity contribution in [1.82, 2.24) is 15.1 Å². The quantitative estimate of drug-likeness (QED) is 0.611. The molecule has 5 heteroatoms. The predicted octanol–water partition coefficient (Wildman–Crippen LogP) is 2.72. The summed E-state index contributed by atoms with van der Waals surface area (Å²) in [6.45, 7) is 6.48. The van der Waals surface area contributed by atoms with Gasteiger partial charge in [-0.1, -0.05) is 25.7 Å². The second-order valence-corrected chi connectivity index (χ2v) is 8.34. The fourth-order valence-electron chi connectivity index (χ4n) is 5.01. The Balaban J connectivity index is 1.58. The highest BCUT2D eigenvalue weighted by atomic mass is 16.5. The number of guanidine groups is 1. The number of nitrogens with zero attached hydrogens (tertiary/aromatic N) is 3. The Morgan fingerprint density at radius 2 is 1.88 bits per heavy atom. The van der Waals surface area contributed by atoms with Crippen molar-refractivity contribution in [2.24, 2.45) is 10.9 Å². The number of aliphatic imine (C=N–C) groups is 1. The molecule has 2 heterocycles. The molecule has 1 aliphatic carbocycles. The van der Waals surface area contributed by atoms with E-state index < -0.39 is 0 Å². The van der Waals surface area contributed by atoms with Gasteiger partial charge in [0.25, 0.3) is 0 Å². The summed E-state index contributed by atoms with van der Waals surface area (Å²) in [5, 5.41) is 3.74. The summed E-state index contributed by atoms with van der Waals surface area (Å²) < 4.78 is 5.53. The average molecular weight is 351 g/mol. The van der Waals surface area contributed by atoms with Crippen molar-refractivity contribution in [2.45, 2.75) is 63.3 Å². The molecule has 3 aliphatic rings. The van der Waals surface area contributed by atoms with E-state index >= 15 is 0 Å². The minimum absolute atomic E-state index is 0.353. The molecular weight excluding hydrogens is 312 g/mol. The summed E-state index contributed by atoms with van der Waals surface area (Å²) in [6, 6.07) is 0. The largest absolute Gasteiger partial charge is 0.381 e. The minimum atomic E-state index is 0.353. The Hall–Kier alpha value is -0.810. The van der Waals surface area contributed by atoms with Crippen molar-refractivity contribution < 1.29 is 4.74 Å². The van der Waals surface area contributed by atoms with Crippen molar-refractivity contribution in [3.8, 4) is 0 Å². The van der Waals surface area contributed by atoms with Crippen LogP contribution in [0, 0.1) is 5.92 Å². The molecule has 1 N–H and O–H groups in total. The molecule has 0 radical (unpaired) electrons. The third-order valence-corrected chi connectivity index (χ3v) is 6.52. The van der Waals surface area contributed by atoms with Gasteiger partial charge < -0.3 is 15.0 Å². The molecule has 0 amide bonds. The second-order valence-electron chi connectivity index (χ2n) is 8.34. The van der Waals surface area contributed by atoms with E-state index in [4.69, 9.17) is 4.74 Å². The van der Waals surface area contributed by atoms with E-state index in [2.05, 4.69) is 27.2 Å². The Labute approximate surface area is 154 Å². The summed E-state index contributed by atoms with van der Waals surface area (Å²) in [4.78, 5) is 9.67. The lowest BCUT2D eigenvalue weighted by Gasteiger charge is -2.48. The number of ether oxygens (including phenoxy) is 1. The first-order chi connectivity index (χ1) is 12.2. The van der Waals surface area contributed by atoms with E-state index in [0.717, 1.165) is 32.3 Å². The van der Waals surface area contributed by atoms with Gasteiger partial charge in [-0.05, 0) is 45.2 Å². The van der Waals surface area contributed by atoms with Crippen LogP contribution in [0.4, 0.5) is 0 Å². The lowest BCUT2D eigenvalue weighted by molar-refractivity contribution is 0.0364. The number of rotatable bonds is 5. The van der Waals surface area contributed by atoms with Gasteiger partial charge in [-0.3, -0.25) is 9.89 Å². The van der Waals surface area contributed by atoms with E-state index in [0.29, 0.717) is 11.5 Å². The van der Waals surface area contributed by atoms with Gasteiger partial charge in [0.05, 0.1) is 6.61 Å². The molecule has 2 saturated heterocycles. The van der Waals surface area contributed by atoms with Gasteiger partial charge in [0.1, 0.15) is 0 Å². The Kier molecular flexibility index (Phi) is 7.00. The zero-order valence-corrected chi connectivity index (χ0v) is 16.4. The van der Waals surface area contributed by atoms with E-state index in [1.807, 2.05) is 7.05 Å². The van der Waals surface area contributed by atoms with Crippen LogP contribution in [0.1, 0.15) is 57.8 Å². The highest BCUT2D eigenvalue weighted by Gasteiger charge is 2.38. The topological polar surface area (TPSA) is 40.1 Å². The summed E-state index contributed by atoms with van der Waals surface area (Å²) in [7, 11) is 4.08. The fourth-order valence-corrected chi connectivity index (χ4v) is 5.01. The molecule has 3 rings (SSSR count). The molecule has 0 aromatic rings. The number of hydrogen-bond acceptors (Lipinski definition) is 3. The van der Waals surface area contributed by atoms with Gasteiger partial charge >= 0.3 is 0 Å². The van der Waals surface area contributed by atoms with Crippen LogP contribution >= 0.6 is 0 Å². The Bertz CT molecular complexity index is 421. The van der Waals surface area contributed by atoms with Crippen LogP contribution in [-0.2, 0) is 4.74 Å². The summed E-state index contributed by atoms with van der Waals surface area (Å²) in [5.74, 6) is 1.70. The van der Waals surface area contributed by atoms with E-state index in [-0.39, 0.29) is 0 Å².